The van der Waals surface area contributed by atoms with Crippen LogP contribution >= 0.6 is 12.6 Å². The van der Waals surface area contributed by atoms with Crippen molar-refractivity contribution < 1.29 is 0 Å². The van der Waals surface area contributed by atoms with E-state index in [1.165, 1.54) is 16.7 Å². The zero-order valence-electron chi connectivity index (χ0n) is 7.80. The summed E-state index contributed by atoms with van der Waals surface area (Å²) in [4.78, 5) is 0. The van der Waals surface area contributed by atoms with Crippen LogP contribution in [0.5, 0.6) is 0 Å². The molecule has 0 bridgehead atoms. The third-order valence-electron chi connectivity index (χ3n) is 2.48. The molecule has 0 aromatic carbocycles. The average Bonchev–Trinajstić information content (AvgIpc) is 2.08. The molecule has 0 saturated heterocycles. The van der Waals surface area contributed by atoms with Gasteiger partial charge in [-0.1, -0.05) is 23.3 Å². The van der Waals surface area contributed by atoms with Crippen molar-refractivity contribution >= 4 is 12.6 Å². The van der Waals surface area contributed by atoms with Gasteiger partial charge < -0.3 is 0 Å². The van der Waals surface area contributed by atoms with E-state index in [1.807, 2.05) is 6.08 Å². The smallest absolute Gasteiger partial charge is 0.0153 e. The molecule has 1 aliphatic carbocycles. The first-order valence-electron chi connectivity index (χ1n) is 4.29. The third kappa shape index (κ3) is 1.84. The van der Waals surface area contributed by atoms with Crippen molar-refractivity contribution in [2.45, 2.75) is 20.3 Å². The molecular weight excluding hydrogens is 164 g/mol. The maximum absolute atomic E-state index is 4.31. The van der Waals surface area contributed by atoms with Gasteiger partial charge in [0.05, 0.1) is 0 Å². The molecule has 0 aliphatic heterocycles. The fourth-order valence-electron chi connectivity index (χ4n) is 1.64. The Morgan fingerprint density at radius 3 is 2.83 bits per heavy atom. The average molecular weight is 180 g/mol. The minimum atomic E-state index is 0.539. The maximum Gasteiger partial charge on any atom is 0.0153 e. The van der Waals surface area contributed by atoms with E-state index in [4.69, 9.17) is 0 Å². The normalized spacial score (nSPS) is 23.9. The van der Waals surface area contributed by atoms with E-state index in [9.17, 15) is 0 Å². The summed E-state index contributed by atoms with van der Waals surface area (Å²) in [5, 5.41) is 0. The molecule has 12 heavy (non-hydrogen) atoms. The SMILES string of the molecule is C=CC1CC(C)=CC(CS)=C1C. The van der Waals surface area contributed by atoms with Gasteiger partial charge in [-0.25, -0.2) is 0 Å². The van der Waals surface area contributed by atoms with Crippen molar-refractivity contribution in [2.75, 3.05) is 5.75 Å². The zero-order chi connectivity index (χ0) is 9.14. The molecule has 0 saturated carbocycles. The first-order valence-corrected chi connectivity index (χ1v) is 4.92. The molecule has 0 heterocycles. The van der Waals surface area contributed by atoms with Crippen molar-refractivity contribution in [2.24, 2.45) is 5.92 Å². The molecule has 0 radical (unpaired) electrons. The summed E-state index contributed by atoms with van der Waals surface area (Å²) in [5.74, 6) is 1.38. The van der Waals surface area contributed by atoms with Crippen LogP contribution in [0, 0.1) is 5.92 Å². The molecule has 0 amide bonds. The van der Waals surface area contributed by atoms with E-state index < -0.39 is 0 Å². The first-order chi connectivity index (χ1) is 5.69. The topological polar surface area (TPSA) is 0 Å². The lowest BCUT2D eigenvalue weighted by atomic mass is 9.85. The van der Waals surface area contributed by atoms with Crippen LogP contribution in [0.1, 0.15) is 20.3 Å². The second-order valence-electron chi connectivity index (χ2n) is 3.40. The number of rotatable bonds is 2. The van der Waals surface area contributed by atoms with Crippen molar-refractivity contribution in [1.29, 1.82) is 0 Å². The van der Waals surface area contributed by atoms with E-state index in [0.29, 0.717) is 5.92 Å². The summed E-state index contributed by atoms with van der Waals surface area (Å²) in [5.41, 5.74) is 4.24. The predicted octanol–water partition coefficient (Wildman–Crippen LogP) is 3.38. The number of allylic oxidation sites excluding steroid dienone is 4. The number of hydrogen-bond acceptors (Lipinski definition) is 1. The molecule has 0 spiro atoms. The predicted molar refractivity (Wildman–Crippen MR) is 58.6 cm³/mol. The Kier molecular flexibility index (Phi) is 3.21. The van der Waals surface area contributed by atoms with Gasteiger partial charge in [-0.2, -0.15) is 12.6 Å². The van der Waals surface area contributed by atoms with Gasteiger partial charge in [0, 0.05) is 11.7 Å². The van der Waals surface area contributed by atoms with Crippen LogP contribution in [-0.4, -0.2) is 5.75 Å². The second kappa shape index (κ2) is 3.99. The highest BCUT2D eigenvalue weighted by molar-refractivity contribution is 7.80. The third-order valence-corrected chi connectivity index (χ3v) is 2.82. The van der Waals surface area contributed by atoms with Gasteiger partial charge in [-0.05, 0) is 25.8 Å². The van der Waals surface area contributed by atoms with Gasteiger partial charge in [0.1, 0.15) is 0 Å². The van der Waals surface area contributed by atoms with Gasteiger partial charge in [-0.15, -0.1) is 6.58 Å². The molecule has 0 N–H and O–H groups in total. The molecule has 66 valence electrons. The fourth-order valence-corrected chi connectivity index (χ4v) is 1.98. The Bertz CT molecular complexity index is 246. The molecule has 1 heteroatoms. The van der Waals surface area contributed by atoms with Crippen LogP contribution in [0.15, 0.2) is 35.5 Å². The van der Waals surface area contributed by atoms with Gasteiger partial charge in [-0.3, -0.25) is 0 Å². The maximum atomic E-state index is 4.31. The zero-order valence-corrected chi connectivity index (χ0v) is 8.70. The molecular formula is C11H16S. The molecule has 0 fully saturated rings. The van der Waals surface area contributed by atoms with Gasteiger partial charge in [0.15, 0.2) is 0 Å². The van der Waals surface area contributed by atoms with Crippen molar-refractivity contribution in [1.82, 2.24) is 0 Å². The lowest BCUT2D eigenvalue weighted by Gasteiger charge is -2.22. The molecule has 1 unspecified atom stereocenters. The summed E-state index contributed by atoms with van der Waals surface area (Å²) in [6.45, 7) is 8.21. The minimum Gasteiger partial charge on any atom is -0.175 e. The summed E-state index contributed by atoms with van der Waals surface area (Å²) in [6, 6.07) is 0. The van der Waals surface area contributed by atoms with Gasteiger partial charge in [0.25, 0.3) is 0 Å². The lowest BCUT2D eigenvalue weighted by Crippen LogP contribution is -2.07. The van der Waals surface area contributed by atoms with Crippen LogP contribution in [0.3, 0.4) is 0 Å². The standard InChI is InChI=1S/C11H16S/c1-4-10-5-8(2)6-11(7-12)9(10)3/h4,6,10,12H,1,5,7H2,2-3H3. The molecule has 1 aliphatic rings. The van der Waals surface area contributed by atoms with E-state index in [1.54, 1.807) is 0 Å². The summed E-state index contributed by atoms with van der Waals surface area (Å²) in [7, 11) is 0. The lowest BCUT2D eigenvalue weighted by molar-refractivity contribution is 0.724. The number of thiol groups is 1. The van der Waals surface area contributed by atoms with Crippen molar-refractivity contribution in [3.63, 3.8) is 0 Å². The molecule has 1 atom stereocenters. The summed E-state index contributed by atoms with van der Waals surface area (Å²) in [6.07, 6.45) is 5.42. The Morgan fingerprint density at radius 2 is 2.33 bits per heavy atom. The first kappa shape index (κ1) is 9.66. The van der Waals surface area contributed by atoms with Crippen LogP contribution in [0.4, 0.5) is 0 Å². The van der Waals surface area contributed by atoms with Crippen LogP contribution < -0.4 is 0 Å². The molecule has 0 aromatic heterocycles. The molecule has 0 aromatic rings. The highest BCUT2D eigenvalue weighted by atomic mass is 32.1. The Labute approximate surface area is 80.5 Å². The Balaban J connectivity index is 2.97. The molecule has 1 rings (SSSR count). The largest absolute Gasteiger partial charge is 0.175 e. The van der Waals surface area contributed by atoms with Gasteiger partial charge >= 0.3 is 0 Å². The highest BCUT2D eigenvalue weighted by Gasteiger charge is 2.15. The summed E-state index contributed by atoms with van der Waals surface area (Å²) < 4.78 is 0. The van der Waals surface area contributed by atoms with E-state index in [2.05, 4.69) is 39.1 Å². The van der Waals surface area contributed by atoms with Crippen molar-refractivity contribution in [3.05, 3.63) is 35.5 Å². The van der Waals surface area contributed by atoms with E-state index >= 15 is 0 Å². The summed E-state index contributed by atoms with van der Waals surface area (Å²) >= 11 is 4.31. The van der Waals surface area contributed by atoms with E-state index in [-0.39, 0.29) is 0 Å². The molecule has 0 nitrogen and oxygen atoms in total. The van der Waals surface area contributed by atoms with E-state index in [0.717, 1.165) is 12.2 Å². The monoisotopic (exact) mass is 180 g/mol. The van der Waals surface area contributed by atoms with Crippen LogP contribution in [0.2, 0.25) is 0 Å². The van der Waals surface area contributed by atoms with Crippen molar-refractivity contribution in [3.8, 4) is 0 Å². The minimum absolute atomic E-state index is 0.539. The van der Waals surface area contributed by atoms with Crippen LogP contribution in [-0.2, 0) is 0 Å². The highest BCUT2D eigenvalue weighted by Crippen LogP contribution is 2.30. The van der Waals surface area contributed by atoms with Crippen LogP contribution in [0.25, 0.3) is 0 Å². The quantitative estimate of drug-likeness (QED) is 0.489. The Hall–Kier alpha value is -0.430. The fraction of sp³-hybridized carbons (Fsp3) is 0.455. The van der Waals surface area contributed by atoms with Gasteiger partial charge in [0.2, 0.25) is 0 Å². The second-order valence-corrected chi connectivity index (χ2v) is 3.72. The number of hydrogen-bond donors (Lipinski definition) is 1. The Morgan fingerprint density at radius 1 is 1.67 bits per heavy atom.